The lowest BCUT2D eigenvalue weighted by molar-refractivity contribution is -0.117. The Morgan fingerprint density at radius 1 is 1.42 bits per heavy atom. The zero-order valence-corrected chi connectivity index (χ0v) is 11.7. The highest BCUT2D eigenvalue weighted by molar-refractivity contribution is 8.00. The van der Waals surface area contributed by atoms with Gasteiger partial charge in [-0.2, -0.15) is 0 Å². The van der Waals surface area contributed by atoms with Gasteiger partial charge < -0.3 is 11.1 Å². The number of nitrogens with two attached hydrogens (primary N) is 1. The van der Waals surface area contributed by atoms with Gasteiger partial charge in [-0.3, -0.25) is 10.1 Å². The first-order valence-corrected chi connectivity index (χ1v) is 7.19. The van der Waals surface area contributed by atoms with Crippen molar-refractivity contribution in [1.82, 2.24) is 10.6 Å². The van der Waals surface area contributed by atoms with Gasteiger partial charge >= 0.3 is 6.03 Å². The second-order valence-corrected chi connectivity index (χ2v) is 5.70. The van der Waals surface area contributed by atoms with Crippen LogP contribution in [0.2, 0.25) is 5.02 Å². The largest absolute Gasteiger partial charge is 0.399 e. The third kappa shape index (κ3) is 4.65. The Hall–Kier alpha value is -1.40. The molecule has 5 nitrogen and oxygen atoms in total. The minimum atomic E-state index is -0.434. The first-order chi connectivity index (χ1) is 9.04. The van der Waals surface area contributed by atoms with Gasteiger partial charge in [-0.15, -0.1) is 11.8 Å². The molecule has 0 unspecified atom stereocenters. The molecule has 1 aromatic rings. The number of carbonyl (C=O) groups is 2. The Bertz CT molecular complexity index is 506. The van der Waals surface area contributed by atoms with E-state index >= 15 is 0 Å². The molecule has 1 aliphatic rings. The van der Waals surface area contributed by atoms with Crippen molar-refractivity contribution in [3.63, 3.8) is 0 Å². The van der Waals surface area contributed by atoms with E-state index in [2.05, 4.69) is 10.6 Å². The van der Waals surface area contributed by atoms with Crippen LogP contribution in [0.3, 0.4) is 0 Å². The third-order valence-corrected chi connectivity index (χ3v) is 3.98. The SMILES string of the molecule is Nc1ccc(SCC(=O)NC(=O)NC2CC2)c(Cl)c1. The number of thioether (sulfide) groups is 1. The molecule has 2 rings (SSSR count). The van der Waals surface area contributed by atoms with E-state index in [9.17, 15) is 9.59 Å². The number of amides is 3. The van der Waals surface area contributed by atoms with Crippen LogP contribution in [-0.4, -0.2) is 23.7 Å². The van der Waals surface area contributed by atoms with E-state index in [0.29, 0.717) is 10.7 Å². The van der Waals surface area contributed by atoms with Crippen LogP contribution >= 0.6 is 23.4 Å². The predicted molar refractivity (Wildman–Crippen MR) is 76.3 cm³/mol. The zero-order valence-electron chi connectivity index (χ0n) is 10.1. The fraction of sp³-hybridized carbons (Fsp3) is 0.333. The fourth-order valence-corrected chi connectivity index (χ4v) is 2.46. The second-order valence-electron chi connectivity index (χ2n) is 4.27. The summed E-state index contributed by atoms with van der Waals surface area (Å²) in [6.45, 7) is 0. The van der Waals surface area contributed by atoms with Crippen molar-refractivity contribution < 1.29 is 9.59 Å². The number of nitrogen functional groups attached to an aromatic ring is 1. The highest BCUT2D eigenvalue weighted by atomic mass is 35.5. The van der Waals surface area contributed by atoms with Gasteiger partial charge in [-0.05, 0) is 31.0 Å². The van der Waals surface area contributed by atoms with Crippen molar-refractivity contribution in [2.24, 2.45) is 0 Å². The van der Waals surface area contributed by atoms with Crippen molar-refractivity contribution in [2.75, 3.05) is 11.5 Å². The molecule has 1 saturated carbocycles. The molecular formula is C12H14ClN3O2S. The molecule has 0 heterocycles. The van der Waals surface area contributed by atoms with Crippen LogP contribution in [-0.2, 0) is 4.79 Å². The number of hydrogen-bond donors (Lipinski definition) is 3. The van der Waals surface area contributed by atoms with E-state index < -0.39 is 6.03 Å². The standard InChI is InChI=1S/C12H14ClN3O2S/c13-9-5-7(14)1-4-10(9)19-6-11(17)16-12(18)15-8-2-3-8/h1,4-5,8H,2-3,6,14H2,(H2,15,16,17,18). The molecule has 0 aromatic heterocycles. The van der Waals surface area contributed by atoms with E-state index in [-0.39, 0.29) is 17.7 Å². The molecule has 0 radical (unpaired) electrons. The van der Waals surface area contributed by atoms with Crippen LogP contribution in [0.25, 0.3) is 0 Å². The molecule has 7 heteroatoms. The molecule has 4 N–H and O–H groups in total. The van der Waals surface area contributed by atoms with Crippen LogP contribution < -0.4 is 16.4 Å². The van der Waals surface area contributed by atoms with Crippen LogP contribution in [0, 0.1) is 0 Å². The summed E-state index contributed by atoms with van der Waals surface area (Å²) >= 11 is 7.24. The van der Waals surface area contributed by atoms with Gasteiger partial charge in [-0.1, -0.05) is 11.6 Å². The molecule has 1 aliphatic carbocycles. The maximum Gasteiger partial charge on any atom is 0.321 e. The highest BCUT2D eigenvalue weighted by Crippen LogP contribution is 2.28. The Labute approximate surface area is 120 Å². The third-order valence-electron chi connectivity index (χ3n) is 2.48. The Kier molecular flexibility index (Phi) is 4.55. The van der Waals surface area contributed by atoms with E-state index in [0.717, 1.165) is 17.7 Å². The molecule has 0 bridgehead atoms. The number of anilines is 1. The molecule has 1 aromatic carbocycles. The van der Waals surface area contributed by atoms with Gasteiger partial charge in [0, 0.05) is 16.6 Å². The quantitative estimate of drug-likeness (QED) is 0.586. The van der Waals surface area contributed by atoms with Crippen LogP contribution in [0.4, 0.5) is 10.5 Å². The topological polar surface area (TPSA) is 84.2 Å². The Morgan fingerprint density at radius 2 is 2.16 bits per heavy atom. The van der Waals surface area contributed by atoms with Gasteiger partial charge in [0.2, 0.25) is 5.91 Å². The molecule has 1 fully saturated rings. The summed E-state index contributed by atoms with van der Waals surface area (Å²) in [6, 6.07) is 4.89. The van der Waals surface area contributed by atoms with E-state index in [4.69, 9.17) is 17.3 Å². The fourth-order valence-electron chi connectivity index (χ4n) is 1.39. The Morgan fingerprint density at radius 3 is 2.79 bits per heavy atom. The zero-order chi connectivity index (χ0) is 13.8. The van der Waals surface area contributed by atoms with E-state index in [1.165, 1.54) is 11.8 Å². The smallest absolute Gasteiger partial charge is 0.321 e. The highest BCUT2D eigenvalue weighted by Gasteiger charge is 2.23. The van der Waals surface area contributed by atoms with Gasteiger partial charge in [0.25, 0.3) is 0 Å². The molecule has 0 atom stereocenters. The molecule has 19 heavy (non-hydrogen) atoms. The molecule has 3 amide bonds. The maximum atomic E-state index is 11.5. The molecular weight excluding hydrogens is 286 g/mol. The minimum Gasteiger partial charge on any atom is -0.399 e. The van der Waals surface area contributed by atoms with Crippen molar-refractivity contribution >= 4 is 41.0 Å². The predicted octanol–water partition coefficient (Wildman–Crippen LogP) is 2.00. The number of carbonyl (C=O) groups excluding carboxylic acids is 2. The number of benzene rings is 1. The Balaban J connectivity index is 1.77. The van der Waals surface area contributed by atoms with Gasteiger partial charge in [0.15, 0.2) is 0 Å². The molecule has 0 saturated heterocycles. The summed E-state index contributed by atoms with van der Waals surface area (Å²) in [5.74, 6) is -0.224. The van der Waals surface area contributed by atoms with Gasteiger partial charge in [-0.25, -0.2) is 4.79 Å². The van der Waals surface area contributed by atoms with Crippen LogP contribution in [0.15, 0.2) is 23.1 Å². The first kappa shape index (κ1) is 14.0. The van der Waals surface area contributed by atoms with E-state index in [1.807, 2.05) is 0 Å². The lowest BCUT2D eigenvalue weighted by Gasteiger charge is -2.06. The minimum absolute atomic E-state index is 0.127. The summed E-state index contributed by atoms with van der Waals surface area (Å²) in [4.78, 5) is 23.6. The van der Waals surface area contributed by atoms with Gasteiger partial charge in [0.05, 0.1) is 10.8 Å². The number of nitrogens with one attached hydrogen (secondary N) is 2. The average molecular weight is 300 g/mol. The summed E-state index contributed by atoms with van der Waals surface area (Å²) in [5, 5.41) is 5.45. The number of halogens is 1. The van der Waals surface area contributed by atoms with Gasteiger partial charge in [0.1, 0.15) is 0 Å². The number of urea groups is 1. The lowest BCUT2D eigenvalue weighted by Crippen LogP contribution is -2.41. The number of imide groups is 1. The lowest BCUT2D eigenvalue weighted by atomic mass is 10.3. The van der Waals surface area contributed by atoms with Crippen molar-refractivity contribution in [3.8, 4) is 0 Å². The number of rotatable bonds is 4. The first-order valence-electron chi connectivity index (χ1n) is 5.83. The summed E-state index contributed by atoms with van der Waals surface area (Å²) in [5.41, 5.74) is 6.15. The molecule has 102 valence electrons. The second kappa shape index (κ2) is 6.16. The average Bonchev–Trinajstić information content (AvgIpc) is 3.11. The molecule has 0 aliphatic heterocycles. The molecule has 0 spiro atoms. The van der Waals surface area contributed by atoms with Crippen molar-refractivity contribution in [3.05, 3.63) is 23.2 Å². The van der Waals surface area contributed by atoms with Crippen LogP contribution in [0.1, 0.15) is 12.8 Å². The van der Waals surface area contributed by atoms with Crippen molar-refractivity contribution in [2.45, 2.75) is 23.8 Å². The maximum absolute atomic E-state index is 11.5. The number of hydrogen-bond acceptors (Lipinski definition) is 4. The van der Waals surface area contributed by atoms with E-state index in [1.54, 1.807) is 18.2 Å². The summed E-state index contributed by atoms with van der Waals surface area (Å²) in [6.07, 6.45) is 1.97. The van der Waals surface area contributed by atoms with Crippen LogP contribution in [0.5, 0.6) is 0 Å². The summed E-state index contributed by atoms with van der Waals surface area (Å²) in [7, 11) is 0. The normalized spacial score (nSPS) is 13.9. The summed E-state index contributed by atoms with van der Waals surface area (Å²) < 4.78 is 0. The van der Waals surface area contributed by atoms with Crippen molar-refractivity contribution in [1.29, 1.82) is 0 Å². The monoisotopic (exact) mass is 299 g/mol.